The molecule has 2 heterocycles. The number of piperazine rings is 1. The first kappa shape index (κ1) is 24.2. The van der Waals surface area contributed by atoms with E-state index in [1.807, 2.05) is 37.8 Å². The van der Waals surface area contributed by atoms with Crippen LogP contribution in [0.5, 0.6) is 0 Å². The number of hydrogen-bond donors (Lipinski definition) is 2. The number of sulfonamides is 1. The van der Waals surface area contributed by atoms with Crippen LogP contribution in [0.3, 0.4) is 0 Å². The molecule has 1 atom stereocenters. The molecule has 0 aliphatic carbocycles. The maximum absolute atomic E-state index is 13.1. The highest BCUT2D eigenvalue weighted by atomic mass is 32.2. The highest BCUT2D eigenvalue weighted by Crippen LogP contribution is 2.23. The molecule has 176 valence electrons. The summed E-state index contributed by atoms with van der Waals surface area (Å²) in [5.41, 5.74) is 2.70. The van der Waals surface area contributed by atoms with Crippen molar-refractivity contribution in [2.75, 3.05) is 39.3 Å². The summed E-state index contributed by atoms with van der Waals surface area (Å²) in [6.07, 6.45) is 0.562. The van der Waals surface area contributed by atoms with Crippen LogP contribution in [0.4, 0.5) is 4.79 Å². The average Bonchev–Trinajstić information content (AvgIpc) is 2.73. The summed E-state index contributed by atoms with van der Waals surface area (Å²) >= 11 is 0. The fraction of sp³-hybridized carbons (Fsp3) is 0.545. The molecule has 0 saturated carbocycles. The molecule has 1 aromatic rings. The standard InChI is InChI=1S/C22H32N4O5S/c1-5-17-20(21(27)31-6-2)18(24-22(28)23-17)14-25-9-11-26(12-10-25)32(29,30)19-8-7-15(3)13-16(19)4/h7-8,13,17H,5-6,9-12,14H2,1-4H3,(H2,23,24,28). The van der Waals surface area contributed by atoms with E-state index in [1.165, 1.54) is 4.31 Å². The van der Waals surface area contributed by atoms with Gasteiger partial charge in [0.1, 0.15) is 0 Å². The molecular formula is C22H32N4O5S. The molecule has 10 heteroatoms. The smallest absolute Gasteiger partial charge is 0.337 e. The molecule has 0 radical (unpaired) electrons. The lowest BCUT2D eigenvalue weighted by Gasteiger charge is -2.36. The molecule has 2 aliphatic heterocycles. The Morgan fingerprint density at radius 3 is 2.44 bits per heavy atom. The second kappa shape index (κ2) is 10.0. The molecule has 3 rings (SSSR count). The van der Waals surface area contributed by atoms with Gasteiger partial charge < -0.3 is 15.4 Å². The number of hydrogen-bond acceptors (Lipinski definition) is 6. The van der Waals surface area contributed by atoms with E-state index in [9.17, 15) is 18.0 Å². The van der Waals surface area contributed by atoms with Crippen LogP contribution in [-0.2, 0) is 19.6 Å². The number of rotatable bonds is 7. The van der Waals surface area contributed by atoms with Gasteiger partial charge >= 0.3 is 12.0 Å². The van der Waals surface area contributed by atoms with Gasteiger partial charge in [-0.05, 0) is 38.8 Å². The Morgan fingerprint density at radius 1 is 1.16 bits per heavy atom. The number of benzene rings is 1. The normalized spacial score (nSPS) is 20.6. The van der Waals surface area contributed by atoms with E-state index in [1.54, 1.807) is 13.0 Å². The van der Waals surface area contributed by atoms with Gasteiger partial charge in [0.15, 0.2) is 0 Å². The van der Waals surface area contributed by atoms with Gasteiger partial charge in [0.25, 0.3) is 0 Å². The molecule has 0 bridgehead atoms. The molecule has 2 aliphatic rings. The second-order valence-corrected chi connectivity index (χ2v) is 10.0. The SMILES string of the molecule is CCOC(=O)C1=C(CN2CCN(S(=O)(=O)c3ccc(C)cc3C)CC2)NC(=O)NC1CC. The van der Waals surface area contributed by atoms with Crippen LogP contribution in [0.1, 0.15) is 31.4 Å². The lowest BCUT2D eigenvalue weighted by atomic mass is 10.00. The average molecular weight is 465 g/mol. The third-order valence-corrected chi connectivity index (χ3v) is 7.87. The highest BCUT2D eigenvalue weighted by molar-refractivity contribution is 7.89. The first-order valence-corrected chi connectivity index (χ1v) is 12.4. The fourth-order valence-corrected chi connectivity index (χ4v) is 5.79. The largest absolute Gasteiger partial charge is 0.463 e. The Morgan fingerprint density at radius 2 is 1.84 bits per heavy atom. The monoisotopic (exact) mass is 464 g/mol. The first-order chi connectivity index (χ1) is 15.2. The molecule has 2 N–H and O–H groups in total. The lowest BCUT2D eigenvalue weighted by molar-refractivity contribution is -0.139. The van der Waals surface area contributed by atoms with Crippen molar-refractivity contribution in [1.29, 1.82) is 0 Å². The predicted octanol–water partition coefficient (Wildman–Crippen LogP) is 1.52. The van der Waals surface area contributed by atoms with Crippen LogP contribution >= 0.6 is 0 Å². The van der Waals surface area contributed by atoms with Gasteiger partial charge in [-0.15, -0.1) is 0 Å². The molecule has 9 nitrogen and oxygen atoms in total. The summed E-state index contributed by atoms with van der Waals surface area (Å²) in [6, 6.07) is 4.58. The van der Waals surface area contributed by atoms with Crippen LogP contribution < -0.4 is 10.6 Å². The number of carbonyl (C=O) groups excluding carboxylic acids is 2. The molecule has 1 fully saturated rings. The Bertz CT molecular complexity index is 1010. The zero-order valence-corrected chi connectivity index (χ0v) is 19.9. The Kier molecular flexibility index (Phi) is 7.58. The zero-order valence-electron chi connectivity index (χ0n) is 19.1. The highest BCUT2D eigenvalue weighted by Gasteiger charge is 2.34. The van der Waals surface area contributed by atoms with E-state index in [-0.39, 0.29) is 12.6 Å². The van der Waals surface area contributed by atoms with Crippen LogP contribution in [0.25, 0.3) is 0 Å². The number of amides is 2. The molecular weight excluding hydrogens is 432 g/mol. The van der Waals surface area contributed by atoms with Gasteiger partial charge in [0.05, 0.1) is 23.1 Å². The van der Waals surface area contributed by atoms with Gasteiger partial charge in [0.2, 0.25) is 10.0 Å². The number of nitrogens with zero attached hydrogens (tertiary/aromatic N) is 2. The third-order valence-electron chi connectivity index (χ3n) is 5.81. The summed E-state index contributed by atoms with van der Waals surface area (Å²) in [5, 5.41) is 5.51. The lowest BCUT2D eigenvalue weighted by Crippen LogP contribution is -2.54. The van der Waals surface area contributed by atoms with E-state index < -0.39 is 22.0 Å². The number of ether oxygens (including phenoxy) is 1. The minimum atomic E-state index is -3.58. The van der Waals surface area contributed by atoms with Crippen molar-refractivity contribution >= 4 is 22.0 Å². The summed E-state index contributed by atoms with van der Waals surface area (Å²) < 4.78 is 33.0. The molecule has 1 aromatic carbocycles. The molecule has 32 heavy (non-hydrogen) atoms. The number of carbonyl (C=O) groups is 2. The van der Waals surface area contributed by atoms with E-state index in [0.29, 0.717) is 55.3 Å². The summed E-state index contributed by atoms with van der Waals surface area (Å²) in [4.78, 5) is 27.0. The Balaban J connectivity index is 1.74. The van der Waals surface area contributed by atoms with Crippen LogP contribution in [-0.4, -0.2) is 75.0 Å². The van der Waals surface area contributed by atoms with Crippen molar-refractivity contribution in [3.8, 4) is 0 Å². The molecule has 0 spiro atoms. The zero-order chi connectivity index (χ0) is 23.5. The fourth-order valence-electron chi connectivity index (χ4n) is 4.17. The Hall–Kier alpha value is -2.43. The Labute approximate surface area is 189 Å². The maximum Gasteiger partial charge on any atom is 0.337 e. The number of aryl methyl sites for hydroxylation is 2. The third kappa shape index (κ3) is 5.13. The number of esters is 1. The topological polar surface area (TPSA) is 108 Å². The van der Waals surface area contributed by atoms with E-state index in [4.69, 9.17) is 4.74 Å². The second-order valence-electron chi connectivity index (χ2n) is 8.12. The van der Waals surface area contributed by atoms with E-state index in [2.05, 4.69) is 10.6 Å². The summed E-state index contributed by atoms with van der Waals surface area (Å²) in [7, 11) is -3.58. The van der Waals surface area contributed by atoms with Crippen LogP contribution in [0, 0.1) is 13.8 Å². The van der Waals surface area contributed by atoms with Crippen molar-refractivity contribution in [3.63, 3.8) is 0 Å². The minimum absolute atomic E-state index is 0.245. The summed E-state index contributed by atoms with van der Waals surface area (Å²) in [5.74, 6) is -0.446. The van der Waals surface area contributed by atoms with Crippen LogP contribution in [0.2, 0.25) is 0 Å². The van der Waals surface area contributed by atoms with Gasteiger partial charge in [-0.3, -0.25) is 4.90 Å². The van der Waals surface area contributed by atoms with Gasteiger partial charge in [-0.2, -0.15) is 4.31 Å². The van der Waals surface area contributed by atoms with Gasteiger partial charge in [0, 0.05) is 38.4 Å². The molecule has 1 saturated heterocycles. The van der Waals surface area contributed by atoms with E-state index >= 15 is 0 Å². The van der Waals surface area contributed by atoms with Gasteiger partial charge in [-0.25, -0.2) is 18.0 Å². The summed E-state index contributed by atoms with van der Waals surface area (Å²) in [6.45, 7) is 9.61. The molecule has 1 unspecified atom stereocenters. The number of urea groups is 1. The van der Waals surface area contributed by atoms with Crippen LogP contribution in [0.15, 0.2) is 34.4 Å². The quantitative estimate of drug-likeness (QED) is 0.593. The van der Waals surface area contributed by atoms with E-state index in [0.717, 1.165) is 11.1 Å². The maximum atomic E-state index is 13.1. The molecule has 2 amide bonds. The number of nitrogens with one attached hydrogen (secondary N) is 2. The van der Waals surface area contributed by atoms with Crippen molar-refractivity contribution in [2.24, 2.45) is 0 Å². The van der Waals surface area contributed by atoms with Gasteiger partial charge in [-0.1, -0.05) is 24.6 Å². The first-order valence-electron chi connectivity index (χ1n) is 10.9. The van der Waals surface area contributed by atoms with Crippen molar-refractivity contribution < 1.29 is 22.7 Å². The molecule has 0 aromatic heterocycles. The predicted molar refractivity (Wildman–Crippen MR) is 121 cm³/mol. The van der Waals surface area contributed by atoms with Crippen molar-refractivity contribution in [2.45, 2.75) is 45.1 Å². The van der Waals surface area contributed by atoms with Crippen molar-refractivity contribution in [3.05, 3.63) is 40.6 Å². The van der Waals surface area contributed by atoms with Crippen molar-refractivity contribution in [1.82, 2.24) is 19.8 Å². The minimum Gasteiger partial charge on any atom is -0.463 e.